The molecule has 2 aliphatic rings. The molecule has 0 saturated carbocycles. The number of nitrogens with zero attached hydrogens (tertiary/aromatic N) is 3. The maximum absolute atomic E-state index is 14.2. The van der Waals surface area contributed by atoms with Gasteiger partial charge in [0.2, 0.25) is 5.91 Å². The smallest absolute Gasteiger partial charge is 0.256 e. The van der Waals surface area contributed by atoms with Crippen molar-refractivity contribution in [1.29, 1.82) is 0 Å². The van der Waals surface area contributed by atoms with Gasteiger partial charge >= 0.3 is 0 Å². The van der Waals surface area contributed by atoms with Crippen LogP contribution >= 0.6 is 0 Å². The summed E-state index contributed by atoms with van der Waals surface area (Å²) in [6.45, 7) is 7.36. The van der Waals surface area contributed by atoms with Crippen LogP contribution in [0.5, 0.6) is 0 Å². The first-order valence-corrected chi connectivity index (χ1v) is 11.0. The number of piperazine rings is 2. The average molecular weight is 424 g/mol. The number of carbonyl (C=O) groups excluding carboxylic acids is 2. The minimum Gasteiger partial charge on any atom is -0.340 e. The number of hydrogen-bond acceptors (Lipinski definition) is 3. The van der Waals surface area contributed by atoms with Gasteiger partial charge in [-0.2, -0.15) is 0 Å². The Morgan fingerprint density at radius 1 is 0.968 bits per heavy atom. The van der Waals surface area contributed by atoms with Gasteiger partial charge in [0, 0.05) is 50.7 Å². The lowest BCUT2D eigenvalue weighted by molar-refractivity contribution is -0.138. The summed E-state index contributed by atoms with van der Waals surface area (Å²) in [5, 5.41) is 0. The van der Waals surface area contributed by atoms with E-state index in [1.165, 1.54) is 12.1 Å². The van der Waals surface area contributed by atoms with Crippen molar-refractivity contribution in [2.45, 2.75) is 38.3 Å². The molecule has 0 spiro atoms. The first-order valence-electron chi connectivity index (χ1n) is 11.0. The lowest BCUT2D eigenvalue weighted by Crippen LogP contribution is -2.70. The van der Waals surface area contributed by atoms with E-state index in [1.807, 2.05) is 35.2 Å². The fourth-order valence-electron chi connectivity index (χ4n) is 4.93. The molecule has 2 saturated heterocycles. The van der Waals surface area contributed by atoms with Crippen LogP contribution in [0, 0.1) is 5.82 Å². The Labute approximate surface area is 183 Å². The molecule has 4 rings (SSSR count). The van der Waals surface area contributed by atoms with Gasteiger partial charge in [-0.15, -0.1) is 0 Å². The lowest BCUT2D eigenvalue weighted by Gasteiger charge is -2.55. The van der Waals surface area contributed by atoms with Crippen molar-refractivity contribution in [1.82, 2.24) is 14.7 Å². The lowest BCUT2D eigenvalue weighted by atomic mass is 9.92. The molecule has 0 aliphatic carbocycles. The van der Waals surface area contributed by atoms with Gasteiger partial charge in [0.25, 0.3) is 5.91 Å². The van der Waals surface area contributed by atoms with Crippen molar-refractivity contribution in [3.8, 4) is 0 Å². The standard InChI is InChI=1S/C25H30FN3O2/c1-25(2)18-28(24(31)21-10-6-7-11-22(21)26)17-20-16-27(14-15-29(20)25)23(30)13-12-19-8-4-3-5-9-19/h3-11,20H,12-18H2,1-2H3. The molecule has 164 valence electrons. The van der Waals surface area contributed by atoms with E-state index >= 15 is 0 Å². The van der Waals surface area contributed by atoms with Gasteiger partial charge in [0.15, 0.2) is 0 Å². The Morgan fingerprint density at radius 2 is 1.65 bits per heavy atom. The number of rotatable bonds is 4. The highest BCUT2D eigenvalue weighted by Crippen LogP contribution is 2.29. The minimum atomic E-state index is -0.492. The third kappa shape index (κ3) is 4.64. The van der Waals surface area contributed by atoms with Crippen molar-refractivity contribution >= 4 is 11.8 Å². The molecule has 2 aliphatic heterocycles. The molecule has 2 fully saturated rings. The number of fused-ring (bicyclic) bond motifs is 1. The van der Waals surface area contributed by atoms with E-state index in [9.17, 15) is 14.0 Å². The van der Waals surface area contributed by atoms with E-state index < -0.39 is 5.82 Å². The zero-order valence-electron chi connectivity index (χ0n) is 18.3. The van der Waals surface area contributed by atoms with E-state index in [0.29, 0.717) is 32.6 Å². The van der Waals surface area contributed by atoms with Crippen LogP contribution in [-0.2, 0) is 11.2 Å². The number of halogens is 1. The van der Waals surface area contributed by atoms with E-state index in [1.54, 1.807) is 17.0 Å². The van der Waals surface area contributed by atoms with Crippen LogP contribution in [0.1, 0.15) is 36.2 Å². The van der Waals surface area contributed by atoms with E-state index in [2.05, 4.69) is 18.7 Å². The van der Waals surface area contributed by atoms with Crippen LogP contribution in [-0.4, -0.2) is 70.8 Å². The molecule has 0 radical (unpaired) electrons. The molecular weight excluding hydrogens is 393 g/mol. The third-order valence-electron chi connectivity index (χ3n) is 6.48. The van der Waals surface area contributed by atoms with Crippen LogP contribution in [0.2, 0.25) is 0 Å². The average Bonchev–Trinajstić information content (AvgIpc) is 2.77. The van der Waals surface area contributed by atoms with Gasteiger partial charge in [0.1, 0.15) is 5.82 Å². The molecule has 2 aromatic rings. The normalized spacial score (nSPS) is 20.9. The number of amides is 2. The van der Waals surface area contributed by atoms with E-state index in [4.69, 9.17) is 0 Å². The second kappa shape index (κ2) is 8.79. The van der Waals surface area contributed by atoms with Crippen LogP contribution in [0.15, 0.2) is 54.6 Å². The molecule has 1 unspecified atom stereocenters. The molecule has 2 amide bonds. The molecule has 6 heteroatoms. The summed E-state index contributed by atoms with van der Waals surface area (Å²) in [6.07, 6.45) is 1.21. The molecule has 31 heavy (non-hydrogen) atoms. The van der Waals surface area contributed by atoms with Crippen LogP contribution in [0.4, 0.5) is 4.39 Å². The Balaban J connectivity index is 1.43. The van der Waals surface area contributed by atoms with Gasteiger partial charge in [-0.25, -0.2) is 4.39 Å². The minimum absolute atomic E-state index is 0.0499. The van der Waals surface area contributed by atoms with Gasteiger partial charge in [-0.05, 0) is 38.0 Å². The summed E-state index contributed by atoms with van der Waals surface area (Å²) in [4.78, 5) is 32.0. The fraction of sp³-hybridized carbons (Fsp3) is 0.440. The van der Waals surface area contributed by atoms with Crippen LogP contribution < -0.4 is 0 Å². The third-order valence-corrected chi connectivity index (χ3v) is 6.48. The maximum atomic E-state index is 14.2. The van der Waals surface area contributed by atoms with E-state index in [0.717, 1.165) is 18.5 Å². The van der Waals surface area contributed by atoms with Crippen molar-refractivity contribution in [3.05, 3.63) is 71.5 Å². The predicted molar refractivity (Wildman–Crippen MR) is 118 cm³/mol. The quantitative estimate of drug-likeness (QED) is 0.759. The summed E-state index contributed by atoms with van der Waals surface area (Å²) in [6, 6.07) is 16.2. The topological polar surface area (TPSA) is 43.9 Å². The monoisotopic (exact) mass is 423 g/mol. The zero-order chi connectivity index (χ0) is 22.0. The predicted octanol–water partition coefficient (Wildman–Crippen LogP) is 3.21. The molecule has 0 bridgehead atoms. The van der Waals surface area contributed by atoms with Crippen molar-refractivity contribution in [2.24, 2.45) is 0 Å². The Kier molecular flexibility index (Phi) is 6.10. The fourth-order valence-corrected chi connectivity index (χ4v) is 4.93. The highest BCUT2D eigenvalue weighted by Gasteiger charge is 2.44. The molecule has 0 aromatic heterocycles. The highest BCUT2D eigenvalue weighted by molar-refractivity contribution is 5.94. The molecule has 2 aromatic carbocycles. The van der Waals surface area contributed by atoms with Crippen LogP contribution in [0.25, 0.3) is 0 Å². The van der Waals surface area contributed by atoms with Gasteiger partial charge in [-0.3, -0.25) is 14.5 Å². The number of aryl methyl sites for hydroxylation is 1. The Morgan fingerprint density at radius 3 is 2.39 bits per heavy atom. The van der Waals surface area contributed by atoms with Gasteiger partial charge in [0.05, 0.1) is 5.56 Å². The molecular formula is C25H30FN3O2. The molecule has 1 atom stereocenters. The van der Waals surface area contributed by atoms with Crippen molar-refractivity contribution < 1.29 is 14.0 Å². The first kappa shape index (κ1) is 21.5. The zero-order valence-corrected chi connectivity index (χ0v) is 18.3. The summed E-state index contributed by atoms with van der Waals surface area (Å²) in [5.41, 5.74) is 1.04. The second-order valence-corrected chi connectivity index (χ2v) is 9.15. The summed E-state index contributed by atoms with van der Waals surface area (Å²) in [5.74, 6) is -0.619. The Bertz CT molecular complexity index is 947. The highest BCUT2D eigenvalue weighted by atomic mass is 19.1. The summed E-state index contributed by atoms with van der Waals surface area (Å²) in [7, 11) is 0. The van der Waals surface area contributed by atoms with Gasteiger partial charge in [-0.1, -0.05) is 42.5 Å². The largest absolute Gasteiger partial charge is 0.340 e. The Hall–Kier alpha value is -2.73. The maximum Gasteiger partial charge on any atom is 0.256 e. The van der Waals surface area contributed by atoms with Crippen LogP contribution in [0.3, 0.4) is 0 Å². The van der Waals surface area contributed by atoms with E-state index in [-0.39, 0.29) is 29.0 Å². The van der Waals surface area contributed by atoms with Crippen molar-refractivity contribution in [3.63, 3.8) is 0 Å². The molecule has 2 heterocycles. The van der Waals surface area contributed by atoms with Gasteiger partial charge < -0.3 is 9.80 Å². The number of carbonyl (C=O) groups is 2. The summed E-state index contributed by atoms with van der Waals surface area (Å²) >= 11 is 0. The SMILES string of the molecule is CC1(C)CN(C(=O)c2ccccc2F)CC2CN(C(=O)CCc3ccccc3)CCN21. The molecule has 5 nitrogen and oxygen atoms in total. The molecule has 0 N–H and O–H groups in total. The second-order valence-electron chi connectivity index (χ2n) is 9.15. The van der Waals surface area contributed by atoms with Crippen molar-refractivity contribution in [2.75, 3.05) is 32.7 Å². The summed E-state index contributed by atoms with van der Waals surface area (Å²) < 4.78 is 14.2. The first-order chi connectivity index (χ1) is 14.8. The number of benzene rings is 2. The number of hydrogen-bond donors (Lipinski definition) is 0.